The molecule has 1 amide bonds. The molecular weight excluding hydrogens is 389 g/mol. The topological polar surface area (TPSA) is 38.1 Å². The van der Waals surface area contributed by atoms with E-state index in [9.17, 15) is 9.18 Å². The number of anilines is 1. The van der Waals surface area contributed by atoms with Gasteiger partial charge in [0, 0.05) is 31.1 Å². The number of rotatable bonds is 5. The number of fused-ring (bicyclic) bond motifs is 1. The summed E-state index contributed by atoms with van der Waals surface area (Å²) in [4.78, 5) is 19.4. The first-order chi connectivity index (χ1) is 15.2. The minimum Gasteiger partial charge on any atom is -0.324 e. The van der Waals surface area contributed by atoms with Gasteiger partial charge in [-0.25, -0.2) is 9.37 Å². The van der Waals surface area contributed by atoms with Crippen LogP contribution in [0.1, 0.15) is 23.7 Å². The first-order valence-electron chi connectivity index (χ1n) is 10.4. The number of aromatic nitrogens is 2. The summed E-state index contributed by atoms with van der Waals surface area (Å²) >= 11 is 0. The molecule has 3 aromatic carbocycles. The summed E-state index contributed by atoms with van der Waals surface area (Å²) in [5.74, 6) is 0.626. The largest absolute Gasteiger partial charge is 0.324 e. The zero-order valence-corrected chi connectivity index (χ0v) is 17.0. The van der Waals surface area contributed by atoms with Gasteiger partial charge in [0.25, 0.3) is 0 Å². The molecule has 0 bridgehead atoms. The van der Waals surface area contributed by atoms with Gasteiger partial charge in [-0.15, -0.1) is 0 Å². The van der Waals surface area contributed by atoms with Crippen molar-refractivity contribution in [1.82, 2.24) is 9.55 Å². The number of nitrogens with zero attached hydrogens (tertiary/aromatic N) is 3. The maximum atomic E-state index is 13.3. The van der Waals surface area contributed by atoms with Gasteiger partial charge >= 0.3 is 0 Å². The molecule has 1 fully saturated rings. The minimum atomic E-state index is -0.307. The molecule has 2 heterocycles. The highest BCUT2D eigenvalue weighted by atomic mass is 19.1. The van der Waals surface area contributed by atoms with Crippen molar-refractivity contribution in [3.05, 3.63) is 102 Å². The van der Waals surface area contributed by atoms with E-state index in [0.29, 0.717) is 19.5 Å². The van der Waals surface area contributed by atoms with Gasteiger partial charge in [0.05, 0.1) is 11.0 Å². The molecule has 4 nitrogen and oxygen atoms in total. The summed E-state index contributed by atoms with van der Waals surface area (Å²) in [6.07, 6.45) is 4.62. The lowest BCUT2D eigenvalue weighted by molar-refractivity contribution is -0.117. The van der Waals surface area contributed by atoms with E-state index in [2.05, 4.69) is 34.9 Å². The van der Waals surface area contributed by atoms with Crippen LogP contribution in [0.25, 0.3) is 17.1 Å². The van der Waals surface area contributed by atoms with Crippen molar-refractivity contribution >= 4 is 28.7 Å². The number of hydrogen-bond donors (Lipinski definition) is 0. The predicted octanol–water partition coefficient (Wildman–Crippen LogP) is 5.41. The summed E-state index contributed by atoms with van der Waals surface area (Å²) in [5.41, 5.74) is 3.86. The molecule has 0 spiro atoms. The lowest BCUT2D eigenvalue weighted by Gasteiger charge is -2.17. The van der Waals surface area contributed by atoms with Gasteiger partial charge in [0.15, 0.2) is 0 Å². The quantitative estimate of drug-likeness (QED) is 0.440. The average molecular weight is 411 g/mol. The second-order valence-corrected chi connectivity index (χ2v) is 7.76. The lowest BCUT2D eigenvalue weighted by atomic mass is 10.1. The van der Waals surface area contributed by atoms with E-state index < -0.39 is 0 Å². The molecule has 1 aliphatic heterocycles. The molecule has 1 aromatic heterocycles. The van der Waals surface area contributed by atoms with E-state index in [1.165, 1.54) is 12.1 Å². The summed E-state index contributed by atoms with van der Waals surface area (Å²) in [7, 11) is 0. The zero-order chi connectivity index (χ0) is 21.2. The van der Waals surface area contributed by atoms with Crippen LogP contribution in [0, 0.1) is 5.82 Å². The number of hydrogen-bond acceptors (Lipinski definition) is 2. The number of halogens is 1. The van der Waals surface area contributed by atoms with Crippen molar-refractivity contribution in [3.8, 4) is 0 Å². The van der Waals surface area contributed by atoms with Gasteiger partial charge in [-0.2, -0.15) is 0 Å². The van der Waals surface area contributed by atoms with Crippen molar-refractivity contribution in [2.45, 2.75) is 18.9 Å². The highest BCUT2D eigenvalue weighted by Gasteiger charge is 2.34. The van der Waals surface area contributed by atoms with Gasteiger partial charge in [-0.05, 0) is 42.0 Å². The van der Waals surface area contributed by atoms with Crippen LogP contribution in [-0.4, -0.2) is 22.0 Å². The first-order valence-corrected chi connectivity index (χ1v) is 10.4. The molecule has 0 unspecified atom stereocenters. The van der Waals surface area contributed by atoms with Gasteiger partial charge in [-0.3, -0.25) is 4.79 Å². The lowest BCUT2D eigenvalue weighted by Crippen LogP contribution is -2.24. The normalized spacial score (nSPS) is 16.6. The molecule has 0 N–H and O–H groups in total. The fraction of sp³-hybridized carbons (Fsp3) is 0.154. The monoisotopic (exact) mass is 411 g/mol. The van der Waals surface area contributed by atoms with Crippen LogP contribution < -0.4 is 4.90 Å². The highest BCUT2D eigenvalue weighted by Crippen LogP contribution is 2.33. The molecule has 154 valence electrons. The third-order valence-corrected chi connectivity index (χ3v) is 5.71. The summed E-state index contributed by atoms with van der Waals surface area (Å²) in [5, 5.41) is 0. The van der Waals surface area contributed by atoms with E-state index in [0.717, 1.165) is 28.1 Å². The van der Waals surface area contributed by atoms with Gasteiger partial charge in [0.2, 0.25) is 5.91 Å². The Balaban J connectivity index is 1.45. The highest BCUT2D eigenvalue weighted by molar-refractivity contribution is 5.96. The van der Waals surface area contributed by atoms with Crippen molar-refractivity contribution < 1.29 is 9.18 Å². The maximum Gasteiger partial charge on any atom is 0.227 e. The molecule has 1 saturated heterocycles. The Morgan fingerprint density at radius 1 is 0.968 bits per heavy atom. The van der Waals surface area contributed by atoms with Crippen LogP contribution in [0.2, 0.25) is 0 Å². The first kappa shape index (κ1) is 19.2. The van der Waals surface area contributed by atoms with Crippen molar-refractivity contribution in [2.24, 2.45) is 0 Å². The molecule has 0 radical (unpaired) electrons. The number of carbonyl (C=O) groups is 1. The molecule has 0 aliphatic carbocycles. The van der Waals surface area contributed by atoms with Gasteiger partial charge in [-0.1, -0.05) is 54.6 Å². The van der Waals surface area contributed by atoms with Crippen molar-refractivity contribution in [1.29, 1.82) is 0 Å². The molecular formula is C26H22FN3O. The Morgan fingerprint density at radius 2 is 1.71 bits per heavy atom. The van der Waals surface area contributed by atoms with Crippen molar-refractivity contribution in [3.63, 3.8) is 0 Å². The molecule has 5 rings (SSSR count). The molecule has 4 aromatic rings. The Hall–Kier alpha value is -3.73. The predicted molar refractivity (Wildman–Crippen MR) is 121 cm³/mol. The van der Waals surface area contributed by atoms with Gasteiger partial charge < -0.3 is 9.47 Å². The minimum absolute atomic E-state index is 0.0184. The Labute approximate surface area is 180 Å². The number of para-hydroxylation sites is 2. The number of amides is 1. The van der Waals surface area contributed by atoms with E-state index in [1.54, 1.807) is 17.0 Å². The second-order valence-electron chi connectivity index (χ2n) is 7.76. The standard InChI is InChI=1S/C26H22FN3O/c27-21-12-14-22(15-13-21)30-18-20(17-25(30)31)26-28-23-10-4-5-11-24(23)29(26)16-6-9-19-7-2-1-3-8-19/h1-15,20H,16-18H2/b9-6+/t20-/m0/s1. The summed E-state index contributed by atoms with van der Waals surface area (Å²) < 4.78 is 15.5. The third-order valence-electron chi connectivity index (χ3n) is 5.71. The third kappa shape index (κ3) is 3.87. The van der Waals surface area contributed by atoms with E-state index in [-0.39, 0.29) is 17.6 Å². The number of allylic oxidation sites excluding steroid dienone is 1. The molecule has 5 heteroatoms. The Morgan fingerprint density at radius 3 is 2.52 bits per heavy atom. The smallest absolute Gasteiger partial charge is 0.227 e. The number of carbonyl (C=O) groups excluding carboxylic acids is 1. The fourth-order valence-electron chi connectivity index (χ4n) is 4.21. The zero-order valence-electron chi connectivity index (χ0n) is 17.0. The van der Waals surface area contributed by atoms with Crippen molar-refractivity contribution in [2.75, 3.05) is 11.4 Å². The van der Waals surface area contributed by atoms with Crippen LogP contribution >= 0.6 is 0 Å². The van der Waals surface area contributed by atoms with Crippen LogP contribution in [0.4, 0.5) is 10.1 Å². The Kier molecular flexibility index (Phi) is 5.08. The summed E-state index contributed by atoms with van der Waals surface area (Å²) in [6, 6.07) is 24.3. The SMILES string of the molecule is O=C1C[C@H](c2nc3ccccc3n2C/C=C/c2ccccc2)CN1c1ccc(F)cc1. The second kappa shape index (κ2) is 8.19. The summed E-state index contributed by atoms with van der Waals surface area (Å²) in [6.45, 7) is 1.21. The van der Waals surface area contributed by atoms with Crippen LogP contribution in [-0.2, 0) is 11.3 Å². The number of benzene rings is 3. The Bertz CT molecular complexity index is 1240. The van der Waals surface area contributed by atoms with Crippen LogP contribution in [0.3, 0.4) is 0 Å². The average Bonchev–Trinajstić information content (AvgIpc) is 3.36. The van der Waals surface area contributed by atoms with Crippen LogP contribution in [0.15, 0.2) is 84.9 Å². The number of imidazole rings is 1. The van der Waals surface area contributed by atoms with E-state index in [1.807, 2.05) is 36.4 Å². The van der Waals surface area contributed by atoms with E-state index >= 15 is 0 Å². The molecule has 0 saturated carbocycles. The fourth-order valence-corrected chi connectivity index (χ4v) is 4.21. The van der Waals surface area contributed by atoms with E-state index in [4.69, 9.17) is 4.98 Å². The van der Waals surface area contributed by atoms with Crippen LogP contribution in [0.5, 0.6) is 0 Å². The molecule has 1 atom stereocenters. The molecule has 31 heavy (non-hydrogen) atoms. The molecule has 1 aliphatic rings. The maximum absolute atomic E-state index is 13.3. The van der Waals surface area contributed by atoms with Gasteiger partial charge in [0.1, 0.15) is 11.6 Å².